The van der Waals surface area contributed by atoms with E-state index < -0.39 is 19.8 Å². The van der Waals surface area contributed by atoms with Crippen molar-refractivity contribution in [2.24, 2.45) is 5.92 Å². The number of nitrogens with two attached hydrogens (primary N) is 1. The summed E-state index contributed by atoms with van der Waals surface area (Å²) in [7, 11) is -1.13. The zero-order valence-corrected chi connectivity index (χ0v) is 21.9. The second kappa shape index (κ2) is 10.5. The molecule has 0 amide bonds. The van der Waals surface area contributed by atoms with Gasteiger partial charge < -0.3 is 24.3 Å². The van der Waals surface area contributed by atoms with Crippen LogP contribution >= 0.6 is 23.7 Å². The van der Waals surface area contributed by atoms with Crippen LogP contribution in [0.15, 0.2) is 35.1 Å². The van der Waals surface area contributed by atoms with Gasteiger partial charge in [0, 0.05) is 10.5 Å². The van der Waals surface area contributed by atoms with E-state index in [2.05, 4.69) is 36.0 Å². The fourth-order valence-electron chi connectivity index (χ4n) is 3.77. The van der Waals surface area contributed by atoms with Gasteiger partial charge in [-0.3, -0.25) is 9.32 Å². The minimum atomic E-state index is -3.89. The van der Waals surface area contributed by atoms with Gasteiger partial charge in [0.1, 0.15) is 11.8 Å². The molecule has 0 saturated heterocycles. The lowest BCUT2D eigenvalue weighted by atomic mass is 9.81. The quantitative estimate of drug-likeness (QED) is 0.273. The predicted molar refractivity (Wildman–Crippen MR) is 131 cm³/mol. The summed E-state index contributed by atoms with van der Waals surface area (Å²) in [6.07, 6.45) is 3.16. The number of hydrogen-bond donors (Lipinski definition) is 2. The van der Waals surface area contributed by atoms with Crippen molar-refractivity contribution in [2.45, 2.75) is 31.8 Å². The maximum absolute atomic E-state index is 13.5. The molecule has 1 aliphatic carbocycles. The molecule has 1 aliphatic rings. The summed E-state index contributed by atoms with van der Waals surface area (Å²) < 4.78 is 37.7. The third-order valence-corrected chi connectivity index (χ3v) is 7.80. The van der Waals surface area contributed by atoms with Gasteiger partial charge in [0.2, 0.25) is 11.8 Å². The molecule has 1 aromatic carbocycles. The third kappa shape index (κ3) is 5.75. The molecular formula is C21H26BrN6O6P. The summed E-state index contributed by atoms with van der Waals surface area (Å²) in [4.78, 5) is 24.6. The third-order valence-electron chi connectivity index (χ3n) is 5.63. The molecule has 0 bridgehead atoms. The van der Waals surface area contributed by atoms with E-state index in [1.807, 2.05) is 4.57 Å². The highest BCUT2D eigenvalue weighted by Crippen LogP contribution is 2.48. The Balaban J connectivity index is 1.42. The SMILES string of the molecule is COC(=O)[C@@H](C)NP(=O)(OCC1CC(n2cnc3c(OC)nc(N)nc32)C1)Oc1ccc(Br)cc1. The minimum Gasteiger partial charge on any atom is -0.479 e. The van der Waals surface area contributed by atoms with Crippen LogP contribution in [0.2, 0.25) is 0 Å². The number of aromatic nitrogens is 4. The summed E-state index contributed by atoms with van der Waals surface area (Å²) in [6.45, 7) is 1.69. The van der Waals surface area contributed by atoms with Gasteiger partial charge in [-0.2, -0.15) is 15.1 Å². The number of carbonyl (C=O) groups is 1. The van der Waals surface area contributed by atoms with E-state index in [1.54, 1.807) is 30.6 Å². The van der Waals surface area contributed by atoms with Crippen molar-refractivity contribution in [3.63, 3.8) is 0 Å². The number of hydrogen-bond acceptors (Lipinski definition) is 10. The molecule has 0 aliphatic heterocycles. The summed E-state index contributed by atoms with van der Waals surface area (Å²) in [5.74, 6) is 0.286. The second-order valence-electron chi connectivity index (χ2n) is 8.12. The monoisotopic (exact) mass is 568 g/mol. The van der Waals surface area contributed by atoms with Crippen molar-refractivity contribution in [1.29, 1.82) is 0 Å². The first-order chi connectivity index (χ1) is 16.7. The van der Waals surface area contributed by atoms with E-state index in [0.29, 0.717) is 22.8 Å². The topological polar surface area (TPSA) is 153 Å². The van der Waals surface area contributed by atoms with Gasteiger partial charge in [-0.25, -0.2) is 9.55 Å². The standard InChI is InChI=1S/C21H26BrN6O6P/c1-12(20(29)32-3)27-35(30,34-16-6-4-14(22)5-7-16)33-10-13-8-15(9-13)28-11-24-17-18(28)25-21(23)26-19(17)31-2/h4-7,11-13,15H,8-10H2,1-3H3,(H,27,30)(H2,23,25,26)/t12-,13?,15?,35?/m1/s1. The smallest absolute Gasteiger partial charge is 0.459 e. The van der Waals surface area contributed by atoms with E-state index in [-0.39, 0.29) is 24.5 Å². The summed E-state index contributed by atoms with van der Waals surface area (Å²) >= 11 is 3.35. The van der Waals surface area contributed by atoms with Crippen molar-refractivity contribution < 1.29 is 27.9 Å². The van der Waals surface area contributed by atoms with Gasteiger partial charge in [0.15, 0.2) is 11.2 Å². The number of ether oxygens (including phenoxy) is 2. The molecule has 2 atom stereocenters. The number of benzene rings is 1. The first kappa shape index (κ1) is 25.4. The maximum atomic E-state index is 13.5. The Hall–Kier alpha value is -2.73. The van der Waals surface area contributed by atoms with Crippen molar-refractivity contribution in [2.75, 3.05) is 26.6 Å². The van der Waals surface area contributed by atoms with Crippen LogP contribution in [0.3, 0.4) is 0 Å². The highest BCUT2D eigenvalue weighted by atomic mass is 79.9. The summed E-state index contributed by atoms with van der Waals surface area (Å²) in [5.41, 5.74) is 6.93. The van der Waals surface area contributed by atoms with Gasteiger partial charge in [-0.05, 0) is 49.9 Å². The molecule has 35 heavy (non-hydrogen) atoms. The van der Waals surface area contributed by atoms with Crippen LogP contribution in [0.25, 0.3) is 11.2 Å². The van der Waals surface area contributed by atoms with Gasteiger partial charge >= 0.3 is 13.7 Å². The van der Waals surface area contributed by atoms with Crippen molar-refractivity contribution in [3.8, 4) is 11.6 Å². The van der Waals surface area contributed by atoms with Crippen molar-refractivity contribution >= 4 is 46.8 Å². The summed E-state index contributed by atoms with van der Waals surface area (Å²) in [6, 6.07) is 6.02. The molecule has 2 aromatic heterocycles. The molecule has 1 fully saturated rings. The van der Waals surface area contributed by atoms with E-state index in [1.165, 1.54) is 21.1 Å². The number of anilines is 1. The highest BCUT2D eigenvalue weighted by Gasteiger charge is 2.37. The van der Waals surface area contributed by atoms with E-state index >= 15 is 0 Å². The average Bonchev–Trinajstić information content (AvgIpc) is 3.21. The molecule has 12 nitrogen and oxygen atoms in total. The highest BCUT2D eigenvalue weighted by molar-refractivity contribution is 9.10. The fourth-order valence-corrected chi connectivity index (χ4v) is 5.60. The predicted octanol–water partition coefficient (Wildman–Crippen LogP) is 3.49. The van der Waals surface area contributed by atoms with Crippen LogP contribution in [-0.4, -0.2) is 52.4 Å². The molecule has 0 spiro atoms. The molecule has 1 saturated carbocycles. The summed E-state index contributed by atoms with van der Waals surface area (Å²) in [5, 5.41) is 2.66. The Morgan fingerprint density at radius 3 is 2.66 bits per heavy atom. The van der Waals surface area contributed by atoms with Gasteiger partial charge in [0.05, 0.1) is 27.2 Å². The van der Waals surface area contributed by atoms with Crippen LogP contribution in [0.5, 0.6) is 11.6 Å². The van der Waals surface area contributed by atoms with Crippen LogP contribution in [0.4, 0.5) is 5.95 Å². The number of rotatable bonds is 10. The molecule has 0 radical (unpaired) electrons. The first-order valence-electron chi connectivity index (χ1n) is 10.8. The van der Waals surface area contributed by atoms with Gasteiger partial charge in [0.25, 0.3) is 0 Å². The molecule has 3 N–H and O–H groups in total. The van der Waals surface area contributed by atoms with Crippen LogP contribution in [0, 0.1) is 5.92 Å². The van der Waals surface area contributed by atoms with E-state index in [4.69, 9.17) is 24.3 Å². The number of fused-ring (bicyclic) bond motifs is 1. The Morgan fingerprint density at radius 1 is 1.29 bits per heavy atom. The number of imidazole rings is 1. The minimum absolute atomic E-state index is 0.104. The Morgan fingerprint density at radius 2 is 2.00 bits per heavy atom. The molecule has 3 aromatic rings. The maximum Gasteiger partial charge on any atom is 0.459 e. The van der Waals surface area contributed by atoms with Crippen molar-refractivity contribution in [3.05, 3.63) is 35.1 Å². The molecule has 14 heteroatoms. The number of carbonyl (C=O) groups excluding carboxylic acids is 1. The lowest BCUT2D eigenvalue weighted by Crippen LogP contribution is -2.36. The molecular weight excluding hydrogens is 543 g/mol. The lowest BCUT2D eigenvalue weighted by molar-refractivity contribution is -0.142. The first-order valence-corrected chi connectivity index (χ1v) is 13.1. The molecule has 1 unspecified atom stereocenters. The second-order valence-corrected chi connectivity index (χ2v) is 10.7. The number of nitrogen functional groups attached to an aromatic ring is 1. The number of nitrogens with one attached hydrogen (secondary N) is 1. The van der Waals surface area contributed by atoms with Gasteiger partial charge in [-0.1, -0.05) is 15.9 Å². The number of halogens is 1. The van der Waals surface area contributed by atoms with Gasteiger partial charge in [-0.15, -0.1) is 0 Å². The van der Waals surface area contributed by atoms with E-state index in [0.717, 1.165) is 17.3 Å². The molecule has 2 heterocycles. The average molecular weight is 569 g/mol. The normalized spacial score (nSPS) is 20.0. The number of methoxy groups -OCH3 is 2. The molecule has 188 valence electrons. The number of nitrogens with zero attached hydrogens (tertiary/aromatic N) is 4. The largest absolute Gasteiger partial charge is 0.479 e. The Labute approximate surface area is 210 Å². The lowest BCUT2D eigenvalue weighted by Gasteiger charge is -2.36. The number of esters is 1. The fraction of sp³-hybridized carbons (Fsp3) is 0.429. The zero-order chi connectivity index (χ0) is 25.2. The van der Waals surface area contributed by atoms with Crippen LogP contribution in [0.1, 0.15) is 25.8 Å². The van der Waals surface area contributed by atoms with E-state index in [9.17, 15) is 9.36 Å². The van der Waals surface area contributed by atoms with Crippen molar-refractivity contribution in [1.82, 2.24) is 24.6 Å². The zero-order valence-electron chi connectivity index (χ0n) is 19.4. The Kier molecular flexibility index (Phi) is 7.60. The Bertz CT molecular complexity index is 1250. The van der Waals surface area contributed by atoms with Crippen LogP contribution in [-0.2, 0) is 18.6 Å². The van der Waals surface area contributed by atoms with Crippen LogP contribution < -0.4 is 20.1 Å². The molecule has 4 rings (SSSR count).